The summed E-state index contributed by atoms with van der Waals surface area (Å²) in [6.45, 7) is 1.43. The van der Waals surface area contributed by atoms with E-state index >= 15 is 0 Å². The van der Waals surface area contributed by atoms with Gasteiger partial charge in [-0.05, 0) is 29.7 Å². The van der Waals surface area contributed by atoms with Crippen LogP contribution < -0.4 is 9.62 Å². The molecule has 5 rings (SSSR count). The highest BCUT2D eigenvalue weighted by atomic mass is 32.2. The molecule has 0 bridgehead atoms. The van der Waals surface area contributed by atoms with Crippen LogP contribution in [0.15, 0.2) is 77.8 Å². The molecule has 3 aromatic carbocycles. The predicted octanol–water partition coefficient (Wildman–Crippen LogP) is 4.69. The highest BCUT2D eigenvalue weighted by Gasteiger charge is 2.25. The van der Waals surface area contributed by atoms with Crippen LogP contribution in [-0.4, -0.2) is 36.3 Å². The second-order valence-corrected chi connectivity index (χ2v) is 10.5. The molecule has 0 aliphatic rings. The first kappa shape index (κ1) is 21.9. The van der Waals surface area contributed by atoms with E-state index in [1.165, 1.54) is 31.5 Å². The van der Waals surface area contributed by atoms with Crippen molar-refractivity contribution in [1.29, 1.82) is 0 Å². The average Bonchev–Trinajstić information content (AvgIpc) is 3.24. The smallest absolute Gasteiger partial charge is 0.267 e. The van der Waals surface area contributed by atoms with E-state index in [9.17, 15) is 13.2 Å². The van der Waals surface area contributed by atoms with Crippen LogP contribution >= 0.6 is 11.3 Å². The SMILES string of the molecule is CC(=O)Nc1nc2ccc(-c3ccnc(N(C)S(=O)(=O)c4cccc5ccccc45)n3)cc2s1. The molecule has 0 radical (unpaired) electrons. The Balaban J connectivity index is 1.52. The van der Waals surface area contributed by atoms with Gasteiger partial charge in [-0.1, -0.05) is 53.8 Å². The average molecular weight is 490 g/mol. The van der Waals surface area contributed by atoms with E-state index in [-0.39, 0.29) is 16.8 Å². The molecule has 1 amide bonds. The molecule has 0 atom stereocenters. The fraction of sp³-hybridized carbons (Fsp3) is 0.0833. The van der Waals surface area contributed by atoms with Gasteiger partial charge in [-0.2, -0.15) is 0 Å². The van der Waals surface area contributed by atoms with Gasteiger partial charge in [0.15, 0.2) is 5.13 Å². The quantitative estimate of drug-likeness (QED) is 0.384. The number of amides is 1. The molecule has 0 fully saturated rings. The highest BCUT2D eigenvalue weighted by Crippen LogP contribution is 2.31. The fourth-order valence-corrected chi connectivity index (χ4v) is 5.89. The number of anilines is 2. The maximum atomic E-state index is 13.5. The summed E-state index contributed by atoms with van der Waals surface area (Å²) < 4.78 is 28.9. The van der Waals surface area contributed by atoms with Crippen LogP contribution in [0.25, 0.3) is 32.2 Å². The van der Waals surface area contributed by atoms with Crippen LogP contribution in [0.1, 0.15) is 6.92 Å². The molecule has 170 valence electrons. The van der Waals surface area contributed by atoms with E-state index in [0.717, 1.165) is 25.5 Å². The lowest BCUT2D eigenvalue weighted by Crippen LogP contribution is -2.28. The number of rotatable bonds is 5. The fourth-order valence-electron chi connectivity index (χ4n) is 3.62. The summed E-state index contributed by atoms with van der Waals surface area (Å²) in [5.41, 5.74) is 2.11. The maximum absolute atomic E-state index is 13.5. The minimum absolute atomic E-state index is 0.0637. The lowest BCUT2D eigenvalue weighted by Gasteiger charge is -2.19. The van der Waals surface area contributed by atoms with Gasteiger partial charge in [-0.15, -0.1) is 0 Å². The standard InChI is InChI=1S/C24H19N5O3S2/c1-15(30)26-24-28-20-11-10-17(14-21(20)33-24)19-12-13-25-23(27-19)29(2)34(31,32)22-9-5-7-16-6-3-4-8-18(16)22/h3-14H,1-2H3,(H,26,28,30). The van der Waals surface area contributed by atoms with Gasteiger partial charge in [0.2, 0.25) is 11.9 Å². The minimum Gasteiger partial charge on any atom is -0.302 e. The molecule has 0 saturated heterocycles. The third kappa shape index (κ3) is 3.97. The summed E-state index contributed by atoms with van der Waals surface area (Å²) in [6.07, 6.45) is 1.53. The van der Waals surface area contributed by atoms with Crippen LogP contribution in [0, 0.1) is 0 Å². The molecule has 5 aromatic rings. The molecule has 10 heteroatoms. The predicted molar refractivity (Wildman–Crippen MR) is 134 cm³/mol. The van der Waals surface area contributed by atoms with Crippen molar-refractivity contribution < 1.29 is 13.2 Å². The number of hydrogen-bond donors (Lipinski definition) is 1. The topological polar surface area (TPSA) is 105 Å². The third-order valence-corrected chi connectivity index (χ3v) is 8.01. The van der Waals surface area contributed by atoms with E-state index in [0.29, 0.717) is 16.2 Å². The normalized spacial score (nSPS) is 11.6. The Bertz CT molecular complexity index is 1660. The van der Waals surface area contributed by atoms with Gasteiger partial charge in [-0.25, -0.2) is 27.7 Å². The molecule has 2 aromatic heterocycles. The van der Waals surface area contributed by atoms with Crippen molar-refractivity contribution in [3.63, 3.8) is 0 Å². The molecule has 1 N–H and O–H groups in total. The van der Waals surface area contributed by atoms with Gasteiger partial charge in [0, 0.05) is 31.1 Å². The van der Waals surface area contributed by atoms with Crippen molar-refractivity contribution in [2.75, 3.05) is 16.7 Å². The summed E-state index contributed by atoms with van der Waals surface area (Å²) in [7, 11) is -2.45. The number of thiazole rings is 1. The molecule has 0 saturated carbocycles. The zero-order chi connectivity index (χ0) is 23.9. The Morgan fingerprint density at radius 3 is 2.62 bits per heavy atom. The Labute approximate surface area is 200 Å². The molecule has 8 nitrogen and oxygen atoms in total. The zero-order valence-corrected chi connectivity index (χ0v) is 19.9. The second-order valence-electron chi connectivity index (χ2n) is 7.57. The monoisotopic (exact) mass is 489 g/mol. The van der Waals surface area contributed by atoms with Crippen molar-refractivity contribution in [1.82, 2.24) is 15.0 Å². The number of benzene rings is 3. The lowest BCUT2D eigenvalue weighted by atomic mass is 10.1. The van der Waals surface area contributed by atoms with Gasteiger partial charge >= 0.3 is 0 Å². The van der Waals surface area contributed by atoms with Gasteiger partial charge in [-0.3, -0.25) is 4.79 Å². The Morgan fingerprint density at radius 1 is 1.00 bits per heavy atom. The Morgan fingerprint density at radius 2 is 1.79 bits per heavy atom. The molecule has 0 aliphatic carbocycles. The van der Waals surface area contributed by atoms with Crippen LogP contribution in [-0.2, 0) is 14.8 Å². The van der Waals surface area contributed by atoms with Crippen molar-refractivity contribution in [2.24, 2.45) is 0 Å². The van der Waals surface area contributed by atoms with Crippen molar-refractivity contribution >= 4 is 59.3 Å². The molecule has 0 aliphatic heterocycles. The van der Waals surface area contributed by atoms with E-state index < -0.39 is 10.0 Å². The zero-order valence-electron chi connectivity index (χ0n) is 18.3. The molecular formula is C24H19N5O3S2. The summed E-state index contributed by atoms with van der Waals surface area (Å²) in [5.74, 6) is -0.121. The summed E-state index contributed by atoms with van der Waals surface area (Å²) in [5, 5.41) is 4.68. The molecule has 0 spiro atoms. The highest BCUT2D eigenvalue weighted by molar-refractivity contribution is 7.93. The van der Waals surface area contributed by atoms with Crippen LogP contribution in [0.4, 0.5) is 11.1 Å². The van der Waals surface area contributed by atoms with Crippen molar-refractivity contribution in [3.8, 4) is 11.3 Å². The first-order valence-electron chi connectivity index (χ1n) is 10.3. The van der Waals surface area contributed by atoms with E-state index in [1.54, 1.807) is 24.3 Å². The number of hydrogen-bond acceptors (Lipinski definition) is 7. The number of carbonyl (C=O) groups is 1. The second kappa shape index (κ2) is 8.47. The summed E-state index contributed by atoms with van der Waals surface area (Å²) in [4.78, 5) is 24.6. The van der Waals surface area contributed by atoms with Crippen molar-refractivity contribution in [3.05, 3.63) is 72.9 Å². The first-order valence-corrected chi connectivity index (χ1v) is 12.6. The van der Waals surface area contributed by atoms with Gasteiger partial charge < -0.3 is 5.32 Å². The van der Waals surface area contributed by atoms with Gasteiger partial charge in [0.05, 0.1) is 20.8 Å². The summed E-state index contributed by atoms with van der Waals surface area (Å²) >= 11 is 1.35. The Kier molecular flexibility index (Phi) is 5.46. The van der Waals surface area contributed by atoms with Crippen LogP contribution in [0.3, 0.4) is 0 Å². The summed E-state index contributed by atoms with van der Waals surface area (Å²) in [6, 6.07) is 19.8. The molecule has 34 heavy (non-hydrogen) atoms. The van der Waals surface area contributed by atoms with Gasteiger partial charge in [0.25, 0.3) is 10.0 Å². The number of nitrogens with zero attached hydrogens (tertiary/aromatic N) is 4. The number of sulfonamides is 1. The number of fused-ring (bicyclic) bond motifs is 2. The molecular weight excluding hydrogens is 470 g/mol. The van der Waals surface area contributed by atoms with Crippen molar-refractivity contribution in [2.45, 2.75) is 11.8 Å². The van der Waals surface area contributed by atoms with E-state index in [1.807, 2.05) is 42.5 Å². The maximum Gasteiger partial charge on any atom is 0.267 e. The Hall–Kier alpha value is -3.89. The minimum atomic E-state index is -3.90. The molecule has 2 heterocycles. The van der Waals surface area contributed by atoms with Gasteiger partial charge in [0.1, 0.15) is 0 Å². The van der Waals surface area contributed by atoms with E-state index in [4.69, 9.17) is 0 Å². The number of carbonyl (C=O) groups excluding carboxylic acids is 1. The molecule has 0 unspecified atom stereocenters. The van der Waals surface area contributed by atoms with Crippen LogP contribution in [0.5, 0.6) is 0 Å². The first-order chi connectivity index (χ1) is 16.3. The number of aromatic nitrogens is 3. The third-order valence-electron chi connectivity index (χ3n) is 5.28. The number of nitrogens with one attached hydrogen (secondary N) is 1. The van der Waals surface area contributed by atoms with E-state index in [2.05, 4.69) is 20.3 Å². The van der Waals surface area contributed by atoms with Crippen LogP contribution in [0.2, 0.25) is 0 Å². The largest absolute Gasteiger partial charge is 0.302 e. The lowest BCUT2D eigenvalue weighted by molar-refractivity contribution is -0.114.